The lowest BCUT2D eigenvalue weighted by molar-refractivity contribution is -0.142. The molecule has 2 heterocycles. The van der Waals surface area contributed by atoms with Gasteiger partial charge in [-0.05, 0) is 207 Å². The summed E-state index contributed by atoms with van der Waals surface area (Å²) in [6, 6.07) is 64.9. The fourth-order valence-electron chi connectivity index (χ4n) is 13.2. The minimum Gasteiger partial charge on any atom is -0.309 e. The lowest BCUT2D eigenvalue weighted by Crippen LogP contribution is -2.14. The molecule has 13 aromatic rings. The maximum Gasteiger partial charge on any atom is 0.417 e. The smallest absolute Gasteiger partial charge is 0.309 e. The summed E-state index contributed by atoms with van der Waals surface area (Å²) in [6.45, 7) is 16.6. The standard InChI is InChI=1S/C77H57F6N3/c1-43-12-22-57(47(5)32-43)52-18-28-69-63(37-52)64-38-53(58-23-13-44(2)33-48(58)6)19-29-70(64)85(69)73-36-51(42-84)16-26-61(73)62-27-17-56(75-67(76(78,79)80)10-9-11-68(75)77(81,82)83)41-74(62)86-71-30-20-54(59-24-14-45(3)34-49(59)7)39-65(71)66-40-55(21-31-72(66)86)60-25-15-46(4)35-50(60)8/h9-41H,1-8H3. The van der Waals surface area contributed by atoms with Crippen LogP contribution in [-0.4, -0.2) is 9.13 Å². The summed E-state index contributed by atoms with van der Waals surface area (Å²) in [5.41, 5.74) is 18.3. The van der Waals surface area contributed by atoms with E-state index in [2.05, 4.69) is 174 Å². The highest BCUT2D eigenvalue weighted by atomic mass is 19.4. The number of hydrogen-bond donors (Lipinski definition) is 0. The molecule has 0 N–H and O–H groups in total. The van der Waals surface area contributed by atoms with Crippen LogP contribution in [-0.2, 0) is 12.4 Å². The van der Waals surface area contributed by atoms with Gasteiger partial charge in [0.05, 0.1) is 56.2 Å². The summed E-state index contributed by atoms with van der Waals surface area (Å²) in [5, 5.41) is 14.3. The second-order valence-electron chi connectivity index (χ2n) is 23.2. The molecule has 11 aromatic carbocycles. The van der Waals surface area contributed by atoms with E-state index in [4.69, 9.17) is 0 Å². The lowest BCUT2D eigenvalue weighted by Gasteiger charge is -2.22. The third kappa shape index (κ3) is 9.50. The van der Waals surface area contributed by atoms with Crippen LogP contribution in [0.1, 0.15) is 61.2 Å². The number of aromatic nitrogens is 2. The van der Waals surface area contributed by atoms with Crippen molar-refractivity contribution in [2.75, 3.05) is 0 Å². The molecule has 0 radical (unpaired) electrons. The van der Waals surface area contributed by atoms with Crippen LogP contribution in [0.5, 0.6) is 0 Å². The maximum absolute atomic E-state index is 15.3. The predicted molar refractivity (Wildman–Crippen MR) is 340 cm³/mol. The van der Waals surface area contributed by atoms with Gasteiger partial charge in [0.2, 0.25) is 0 Å². The zero-order valence-electron chi connectivity index (χ0n) is 48.7. The highest BCUT2D eigenvalue weighted by Crippen LogP contribution is 2.49. The fraction of sp³-hybridized carbons (Fsp3) is 0.130. The summed E-state index contributed by atoms with van der Waals surface area (Å²) in [4.78, 5) is 0. The van der Waals surface area contributed by atoms with E-state index in [9.17, 15) is 5.26 Å². The molecule has 0 saturated heterocycles. The normalized spacial score (nSPS) is 12.1. The van der Waals surface area contributed by atoms with Crippen LogP contribution >= 0.6 is 0 Å². The number of alkyl halides is 6. The molecule has 13 rings (SSSR count). The summed E-state index contributed by atoms with van der Waals surface area (Å²) in [7, 11) is 0. The Labute approximate surface area is 495 Å². The van der Waals surface area contributed by atoms with Crippen molar-refractivity contribution < 1.29 is 26.3 Å². The van der Waals surface area contributed by atoms with E-state index in [0.717, 1.165) is 128 Å². The van der Waals surface area contributed by atoms with Crippen LogP contribution in [0.25, 0.3) is 122 Å². The zero-order chi connectivity index (χ0) is 60.2. The molecule has 0 aliphatic rings. The predicted octanol–water partition coefficient (Wildman–Crippen LogP) is 22.3. The van der Waals surface area contributed by atoms with E-state index in [-0.39, 0.29) is 5.56 Å². The van der Waals surface area contributed by atoms with Gasteiger partial charge in [0, 0.05) is 38.2 Å². The molecular weight excluding hydrogens is 1080 g/mol. The van der Waals surface area contributed by atoms with E-state index in [1.54, 1.807) is 12.1 Å². The van der Waals surface area contributed by atoms with Crippen LogP contribution < -0.4 is 0 Å². The minimum atomic E-state index is -5.15. The topological polar surface area (TPSA) is 33.6 Å². The largest absolute Gasteiger partial charge is 0.417 e. The van der Waals surface area contributed by atoms with Gasteiger partial charge in [-0.2, -0.15) is 31.6 Å². The molecule has 422 valence electrons. The Balaban J connectivity index is 1.15. The molecule has 0 aliphatic heterocycles. The Morgan fingerprint density at radius 1 is 0.314 bits per heavy atom. The molecule has 0 amide bonds. The number of halogens is 6. The molecule has 0 unspecified atom stereocenters. The molecule has 86 heavy (non-hydrogen) atoms. The van der Waals surface area contributed by atoms with E-state index >= 15 is 26.3 Å². The molecule has 3 nitrogen and oxygen atoms in total. The average molecular weight is 1140 g/mol. The molecule has 0 bridgehead atoms. The highest BCUT2D eigenvalue weighted by molar-refractivity contribution is 6.14. The number of nitrogens with zero attached hydrogens (tertiary/aromatic N) is 3. The van der Waals surface area contributed by atoms with Crippen molar-refractivity contribution >= 4 is 43.6 Å². The van der Waals surface area contributed by atoms with E-state index in [0.29, 0.717) is 51.2 Å². The number of aryl methyl sites for hydroxylation is 8. The minimum absolute atomic E-state index is 0.275. The molecule has 0 aliphatic carbocycles. The quantitative estimate of drug-likeness (QED) is 0.140. The van der Waals surface area contributed by atoms with Gasteiger partial charge in [-0.15, -0.1) is 0 Å². The Morgan fingerprint density at radius 2 is 0.616 bits per heavy atom. The van der Waals surface area contributed by atoms with Crippen LogP contribution in [0.3, 0.4) is 0 Å². The number of hydrogen-bond acceptors (Lipinski definition) is 1. The van der Waals surface area contributed by atoms with Gasteiger partial charge in [-0.25, -0.2) is 0 Å². The van der Waals surface area contributed by atoms with Crippen molar-refractivity contribution in [1.82, 2.24) is 9.13 Å². The first-order valence-electron chi connectivity index (χ1n) is 28.6. The summed E-state index contributed by atoms with van der Waals surface area (Å²) < 4.78 is 96.2. The summed E-state index contributed by atoms with van der Waals surface area (Å²) in [5.74, 6) is 0. The van der Waals surface area contributed by atoms with Crippen molar-refractivity contribution in [1.29, 1.82) is 5.26 Å². The van der Waals surface area contributed by atoms with Crippen molar-refractivity contribution in [2.24, 2.45) is 0 Å². The van der Waals surface area contributed by atoms with Crippen molar-refractivity contribution in [3.8, 4) is 84.2 Å². The van der Waals surface area contributed by atoms with Gasteiger partial charge in [0.15, 0.2) is 0 Å². The van der Waals surface area contributed by atoms with Crippen molar-refractivity contribution in [2.45, 2.75) is 67.7 Å². The Hall–Kier alpha value is -9.91. The van der Waals surface area contributed by atoms with Crippen molar-refractivity contribution in [3.05, 3.63) is 261 Å². The summed E-state index contributed by atoms with van der Waals surface area (Å²) in [6.07, 6.45) is -10.3. The van der Waals surface area contributed by atoms with Gasteiger partial charge in [0.25, 0.3) is 0 Å². The molecular formula is C77H57F6N3. The summed E-state index contributed by atoms with van der Waals surface area (Å²) >= 11 is 0. The third-order valence-electron chi connectivity index (χ3n) is 17.2. The van der Waals surface area contributed by atoms with Gasteiger partial charge < -0.3 is 9.13 Å². The van der Waals surface area contributed by atoms with Crippen LogP contribution in [0, 0.1) is 66.7 Å². The second kappa shape index (κ2) is 20.7. The van der Waals surface area contributed by atoms with Crippen molar-refractivity contribution in [3.63, 3.8) is 0 Å². The third-order valence-corrected chi connectivity index (χ3v) is 17.2. The van der Waals surface area contributed by atoms with Gasteiger partial charge in [0.1, 0.15) is 0 Å². The molecule has 9 heteroatoms. The number of fused-ring (bicyclic) bond motifs is 6. The maximum atomic E-state index is 15.3. The monoisotopic (exact) mass is 1140 g/mol. The van der Waals surface area contributed by atoms with Crippen LogP contribution in [0.4, 0.5) is 26.3 Å². The van der Waals surface area contributed by atoms with Gasteiger partial charge >= 0.3 is 12.4 Å². The Morgan fingerprint density at radius 3 is 0.930 bits per heavy atom. The molecule has 0 saturated carbocycles. The van der Waals surface area contributed by atoms with Gasteiger partial charge in [-0.3, -0.25) is 0 Å². The lowest BCUT2D eigenvalue weighted by atomic mass is 9.90. The Bertz CT molecular complexity index is 4770. The first-order valence-corrected chi connectivity index (χ1v) is 28.6. The number of benzene rings is 11. The first-order chi connectivity index (χ1) is 41.1. The second-order valence-corrected chi connectivity index (χ2v) is 23.2. The highest BCUT2D eigenvalue weighted by Gasteiger charge is 2.41. The first kappa shape index (κ1) is 55.3. The fourth-order valence-corrected chi connectivity index (χ4v) is 13.2. The number of nitriles is 1. The molecule has 2 aromatic heterocycles. The molecule has 0 spiro atoms. The SMILES string of the molecule is Cc1ccc(-c2ccc3c(c2)c2cc(-c4ccc(C)cc4C)ccc2n3-c2cc(C#N)ccc2-c2ccc(-c3c(C(F)(F)F)cccc3C(F)(F)F)cc2-n2c3ccc(-c4ccc(C)cc4C)cc3c3cc(-c4ccc(C)cc4C)ccc32)c(C)c1. The molecule has 0 fully saturated rings. The molecule has 0 atom stereocenters. The average Bonchev–Trinajstić information content (AvgIpc) is 1.58. The van der Waals surface area contributed by atoms with Crippen LogP contribution in [0.2, 0.25) is 0 Å². The van der Waals surface area contributed by atoms with Gasteiger partial charge in [-0.1, -0.05) is 144 Å². The van der Waals surface area contributed by atoms with E-state index < -0.39 is 29.0 Å². The number of rotatable bonds is 8. The Kier molecular flexibility index (Phi) is 13.3. The van der Waals surface area contributed by atoms with E-state index in [1.807, 2.05) is 54.8 Å². The zero-order valence-corrected chi connectivity index (χ0v) is 48.7. The van der Waals surface area contributed by atoms with Crippen LogP contribution in [0.15, 0.2) is 200 Å². The van der Waals surface area contributed by atoms with E-state index in [1.165, 1.54) is 12.1 Å².